The van der Waals surface area contributed by atoms with E-state index >= 15 is 0 Å². The van der Waals surface area contributed by atoms with Crippen molar-refractivity contribution in [2.45, 2.75) is 6.61 Å². The second kappa shape index (κ2) is 7.79. The lowest BCUT2D eigenvalue weighted by Crippen LogP contribution is -2.01. The number of esters is 1. The van der Waals surface area contributed by atoms with Crippen molar-refractivity contribution in [2.75, 3.05) is 0 Å². The van der Waals surface area contributed by atoms with Crippen molar-refractivity contribution in [3.05, 3.63) is 77.6 Å². The van der Waals surface area contributed by atoms with Crippen LogP contribution in [0.15, 0.2) is 70.8 Å². The molecule has 0 bridgehead atoms. The van der Waals surface area contributed by atoms with Crippen molar-refractivity contribution in [3.8, 4) is 16.6 Å². The van der Waals surface area contributed by atoms with Crippen LogP contribution >= 0.6 is 11.3 Å². The van der Waals surface area contributed by atoms with E-state index in [-0.39, 0.29) is 6.61 Å². The summed E-state index contributed by atoms with van der Waals surface area (Å²) in [7, 11) is 0. The molecule has 1 aromatic carbocycles. The molecule has 0 amide bonds. The second-order valence-corrected chi connectivity index (χ2v) is 6.34. The Morgan fingerprint density at radius 1 is 1.22 bits per heavy atom. The number of nitrogens with zero attached hydrogens (tertiary/aromatic N) is 4. The highest BCUT2D eigenvalue weighted by Crippen LogP contribution is 2.24. The topological polar surface area (TPSA) is 83.0 Å². The van der Waals surface area contributed by atoms with Crippen LogP contribution in [0.5, 0.6) is 0 Å². The summed E-state index contributed by atoms with van der Waals surface area (Å²) in [6.45, 7) is 0.0361. The van der Waals surface area contributed by atoms with Crippen molar-refractivity contribution in [1.29, 1.82) is 0 Å². The molecule has 3 aromatic heterocycles. The maximum atomic E-state index is 11.8. The molecule has 0 saturated carbocycles. The van der Waals surface area contributed by atoms with Crippen LogP contribution in [0.25, 0.3) is 22.7 Å². The molecule has 0 radical (unpaired) electrons. The predicted octanol–water partition coefficient (Wildman–Crippen LogP) is 3.74. The van der Waals surface area contributed by atoms with E-state index in [1.165, 1.54) is 17.4 Å². The van der Waals surface area contributed by atoms with E-state index in [9.17, 15) is 4.79 Å². The average Bonchev–Trinajstić information content (AvgIpc) is 3.46. The molecule has 7 nitrogen and oxygen atoms in total. The fourth-order valence-corrected chi connectivity index (χ4v) is 3.02. The zero-order chi connectivity index (χ0) is 18.5. The minimum atomic E-state index is -0.442. The number of thiazole rings is 1. The lowest BCUT2D eigenvalue weighted by atomic mass is 10.2. The van der Waals surface area contributed by atoms with E-state index in [1.54, 1.807) is 23.2 Å². The molecule has 0 fully saturated rings. The lowest BCUT2D eigenvalue weighted by molar-refractivity contribution is -0.139. The molecule has 4 rings (SSSR count). The standard InChI is InChI=1S/C19H14N4O3S/c24-18(9-8-14-5-2-1-3-6-14)26-12-15-11-23(22-21-15)19-20-16(13-27-19)17-7-4-10-25-17/h1-11,13H,12H2/b9-8+. The number of carbonyl (C=O) groups is 1. The molecule has 0 aliphatic rings. The molecular weight excluding hydrogens is 364 g/mol. The molecule has 3 heterocycles. The van der Waals surface area contributed by atoms with Gasteiger partial charge in [-0.3, -0.25) is 0 Å². The summed E-state index contributed by atoms with van der Waals surface area (Å²) in [4.78, 5) is 16.3. The molecule has 27 heavy (non-hydrogen) atoms. The van der Waals surface area contributed by atoms with Gasteiger partial charge < -0.3 is 9.15 Å². The zero-order valence-electron chi connectivity index (χ0n) is 14.1. The predicted molar refractivity (Wildman–Crippen MR) is 100 cm³/mol. The van der Waals surface area contributed by atoms with Crippen LogP contribution in [0.2, 0.25) is 0 Å². The number of carbonyl (C=O) groups excluding carboxylic acids is 1. The van der Waals surface area contributed by atoms with Gasteiger partial charge in [0.15, 0.2) is 5.76 Å². The molecule has 0 atom stereocenters. The number of hydrogen-bond acceptors (Lipinski definition) is 7. The maximum absolute atomic E-state index is 11.8. The quantitative estimate of drug-likeness (QED) is 0.375. The zero-order valence-corrected chi connectivity index (χ0v) is 14.9. The fourth-order valence-electron chi connectivity index (χ4n) is 2.29. The third-order valence-corrected chi connectivity index (χ3v) is 4.41. The Kier molecular flexibility index (Phi) is 4.88. The molecule has 0 saturated heterocycles. The van der Waals surface area contributed by atoms with Gasteiger partial charge in [0.05, 0.1) is 12.5 Å². The van der Waals surface area contributed by atoms with Gasteiger partial charge in [0.2, 0.25) is 5.13 Å². The molecule has 0 N–H and O–H groups in total. The van der Waals surface area contributed by atoms with Crippen LogP contribution in [0.3, 0.4) is 0 Å². The normalized spacial score (nSPS) is 11.1. The number of rotatable bonds is 6. The van der Waals surface area contributed by atoms with Gasteiger partial charge in [-0.25, -0.2) is 9.78 Å². The van der Waals surface area contributed by atoms with Gasteiger partial charge in [-0.15, -0.1) is 16.4 Å². The highest BCUT2D eigenvalue weighted by molar-refractivity contribution is 7.12. The smallest absolute Gasteiger partial charge is 0.331 e. The Morgan fingerprint density at radius 2 is 2.11 bits per heavy atom. The molecule has 8 heteroatoms. The first kappa shape index (κ1) is 16.9. The van der Waals surface area contributed by atoms with Crippen molar-refractivity contribution in [1.82, 2.24) is 20.0 Å². The number of hydrogen-bond donors (Lipinski definition) is 0. The van der Waals surface area contributed by atoms with Crippen LogP contribution in [0.1, 0.15) is 11.3 Å². The largest absolute Gasteiger partial charge is 0.463 e. The van der Waals surface area contributed by atoms with E-state index in [4.69, 9.17) is 9.15 Å². The Labute approximate surface area is 158 Å². The first-order valence-corrected chi connectivity index (χ1v) is 8.97. The van der Waals surface area contributed by atoms with E-state index in [0.717, 1.165) is 11.3 Å². The summed E-state index contributed by atoms with van der Waals surface area (Å²) in [5.41, 5.74) is 2.19. The monoisotopic (exact) mass is 378 g/mol. The van der Waals surface area contributed by atoms with Crippen LogP contribution in [0.4, 0.5) is 0 Å². The molecule has 0 unspecified atom stereocenters. The highest BCUT2D eigenvalue weighted by atomic mass is 32.1. The summed E-state index contributed by atoms with van der Waals surface area (Å²) >= 11 is 1.41. The van der Waals surface area contributed by atoms with Gasteiger partial charge >= 0.3 is 5.97 Å². The number of ether oxygens (including phenoxy) is 1. The van der Waals surface area contributed by atoms with Crippen LogP contribution in [0, 0.1) is 0 Å². The number of aromatic nitrogens is 4. The van der Waals surface area contributed by atoms with Crippen LogP contribution in [-0.4, -0.2) is 25.9 Å². The summed E-state index contributed by atoms with van der Waals surface area (Å²) < 4.78 is 12.1. The lowest BCUT2D eigenvalue weighted by Gasteiger charge is -1.97. The SMILES string of the molecule is O=C(/C=C/c1ccccc1)OCc1cn(-c2nc(-c3ccco3)cs2)nn1. The van der Waals surface area contributed by atoms with E-state index < -0.39 is 5.97 Å². The van der Waals surface area contributed by atoms with E-state index in [2.05, 4.69) is 15.3 Å². The molecule has 134 valence electrons. The minimum absolute atomic E-state index is 0.0361. The second-order valence-electron chi connectivity index (χ2n) is 5.50. The third kappa shape index (κ3) is 4.18. The Balaban J connectivity index is 1.36. The van der Waals surface area contributed by atoms with E-state index in [1.807, 2.05) is 47.8 Å². The first-order chi connectivity index (χ1) is 13.3. The molecule has 0 aliphatic carbocycles. The Morgan fingerprint density at radius 3 is 2.93 bits per heavy atom. The first-order valence-electron chi connectivity index (χ1n) is 8.09. The summed E-state index contributed by atoms with van der Waals surface area (Å²) in [6.07, 6.45) is 6.36. The van der Waals surface area contributed by atoms with Gasteiger partial charge in [0, 0.05) is 11.5 Å². The summed E-state index contributed by atoms with van der Waals surface area (Å²) in [5.74, 6) is 0.250. The van der Waals surface area contributed by atoms with Crippen molar-refractivity contribution in [3.63, 3.8) is 0 Å². The van der Waals surface area contributed by atoms with Crippen molar-refractivity contribution < 1.29 is 13.9 Å². The number of benzene rings is 1. The van der Waals surface area contributed by atoms with Gasteiger partial charge in [-0.1, -0.05) is 35.5 Å². The van der Waals surface area contributed by atoms with Gasteiger partial charge in [0.25, 0.3) is 0 Å². The fraction of sp³-hybridized carbons (Fsp3) is 0.0526. The molecule has 0 aliphatic heterocycles. The van der Waals surface area contributed by atoms with Crippen molar-refractivity contribution in [2.24, 2.45) is 0 Å². The van der Waals surface area contributed by atoms with Crippen LogP contribution in [-0.2, 0) is 16.1 Å². The Bertz CT molecular complexity index is 1050. The van der Waals surface area contributed by atoms with Gasteiger partial charge in [-0.2, -0.15) is 4.68 Å². The molecule has 4 aromatic rings. The van der Waals surface area contributed by atoms with Gasteiger partial charge in [-0.05, 0) is 23.8 Å². The highest BCUT2D eigenvalue weighted by Gasteiger charge is 2.11. The minimum Gasteiger partial charge on any atom is -0.463 e. The maximum Gasteiger partial charge on any atom is 0.331 e. The average molecular weight is 378 g/mol. The third-order valence-electron chi connectivity index (χ3n) is 3.58. The molecule has 0 spiro atoms. The van der Waals surface area contributed by atoms with Crippen LogP contribution < -0.4 is 0 Å². The van der Waals surface area contributed by atoms with E-state index in [0.29, 0.717) is 16.6 Å². The van der Waals surface area contributed by atoms with Crippen molar-refractivity contribution >= 4 is 23.4 Å². The summed E-state index contributed by atoms with van der Waals surface area (Å²) in [6, 6.07) is 13.2. The number of furan rings is 1. The molecular formula is C19H14N4O3S. The summed E-state index contributed by atoms with van der Waals surface area (Å²) in [5, 5.41) is 10.6. The Hall–Kier alpha value is -3.52. The van der Waals surface area contributed by atoms with Gasteiger partial charge in [0.1, 0.15) is 18.0 Å².